The summed E-state index contributed by atoms with van der Waals surface area (Å²) in [7, 11) is 0. The second kappa shape index (κ2) is 11.0. The van der Waals surface area contributed by atoms with Gasteiger partial charge in [0.05, 0.1) is 0 Å². The Bertz CT molecular complexity index is 1030. The maximum absolute atomic E-state index is 6.18. The van der Waals surface area contributed by atoms with E-state index in [0.717, 1.165) is 46.5 Å². The lowest BCUT2D eigenvalue weighted by atomic mass is 9.88. The van der Waals surface area contributed by atoms with Gasteiger partial charge in [-0.25, -0.2) is 0 Å². The van der Waals surface area contributed by atoms with E-state index in [1.54, 1.807) is 0 Å². The minimum atomic E-state index is 0.726. The molecule has 0 N–H and O–H groups in total. The molecular weight excluding hydrogens is 437 g/mol. The van der Waals surface area contributed by atoms with E-state index in [1.165, 1.54) is 42.6 Å². The zero-order valence-corrected chi connectivity index (χ0v) is 20.0. The summed E-state index contributed by atoms with van der Waals surface area (Å²) >= 11 is 12.3. The Labute approximate surface area is 201 Å². The number of rotatable bonds is 8. The number of halogens is 2. The van der Waals surface area contributed by atoms with Gasteiger partial charge in [0.1, 0.15) is 12.4 Å². The van der Waals surface area contributed by atoms with Crippen molar-refractivity contribution in [3.05, 3.63) is 99.5 Å². The lowest BCUT2D eigenvalue weighted by molar-refractivity contribution is 0.238. The first-order valence-electron chi connectivity index (χ1n) is 11.3. The van der Waals surface area contributed by atoms with Crippen molar-refractivity contribution in [1.82, 2.24) is 4.90 Å². The number of benzene rings is 3. The van der Waals surface area contributed by atoms with Crippen molar-refractivity contribution in [3.8, 4) is 5.75 Å². The fourth-order valence-corrected chi connectivity index (χ4v) is 4.58. The van der Waals surface area contributed by atoms with Crippen LogP contribution in [-0.2, 0) is 0 Å². The fraction of sp³-hybridized carbons (Fsp3) is 0.286. The number of nitrogens with zero attached hydrogens (tertiary/aromatic N) is 1. The molecule has 1 heterocycles. The smallest absolute Gasteiger partial charge is 0.119 e. The molecule has 32 heavy (non-hydrogen) atoms. The molecular formula is C28H29Cl2NO. The van der Waals surface area contributed by atoms with Gasteiger partial charge in [-0.05, 0) is 96.6 Å². The summed E-state index contributed by atoms with van der Waals surface area (Å²) in [5, 5.41) is 1.48. The van der Waals surface area contributed by atoms with E-state index >= 15 is 0 Å². The number of likely N-dealkylation sites (tertiary alicyclic amines) is 1. The van der Waals surface area contributed by atoms with Crippen LogP contribution in [0, 0.1) is 0 Å². The molecule has 3 aromatic carbocycles. The predicted molar refractivity (Wildman–Crippen MR) is 137 cm³/mol. The Morgan fingerprint density at radius 1 is 0.750 bits per heavy atom. The standard InChI is InChI=1S/C28H29Cl2NO/c1-2-27(21-5-11-24(29)12-6-21)28(22-7-13-25(30)14-8-22)23-9-15-26(16-10-23)32-20-19-31-17-3-4-18-31/h5-16H,2-4,17-20H2,1H3/b28-27+. The normalized spacial score (nSPS) is 15.0. The molecule has 1 aliphatic heterocycles. The second-order valence-corrected chi connectivity index (χ2v) is 9.02. The Hall–Kier alpha value is -2.26. The molecule has 4 rings (SSSR count). The van der Waals surface area contributed by atoms with Crippen LogP contribution < -0.4 is 4.74 Å². The molecule has 1 fully saturated rings. The molecule has 166 valence electrons. The SMILES string of the molecule is CC/C(=C(/c1ccc(Cl)cc1)c1ccc(OCCN2CCCC2)cc1)c1ccc(Cl)cc1. The van der Waals surface area contributed by atoms with E-state index in [2.05, 4.69) is 60.4 Å². The van der Waals surface area contributed by atoms with E-state index in [9.17, 15) is 0 Å². The number of ether oxygens (including phenoxy) is 1. The Kier molecular flexibility index (Phi) is 7.91. The molecule has 0 aromatic heterocycles. The average molecular weight is 466 g/mol. The molecule has 1 saturated heterocycles. The molecule has 2 nitrogen and oxygen atoms in total. The summed E-state index contributed by atoms with van der Waals surface area (Å²) in [6.45, 7) is 6.30. The van der Waals surface area contributed by atoms with E-state index < -0.39 is 0 Å². The molecule has 1 aliphatic rings. The Balaban J connectivity index is 1.63. The summed E-state index contributed by atoms with van der Waals surface area (Å²) in [4.78, 5) is 2.47. The topological polar surface area (TPSA) is 12.5 Å². The van der Waals surface area contributed by atoms with Gasteiger partial charge in [-0.15, -0.1) is 0 Å². The van der Waals surface area contributed by atoms with E-state index in [0.29, 0.717) is 0 Å². The minimum absolute atomic E-state index is 0.726. The molecule has 3 aromatic rings. The number of hydrogen-bond acceptors (Lipinski definition) is 2. The largest absolute Gasteiger partial charge is 0.492 e. The molecule has 0 atom stereocenters. The van der Waals surface area contributed by atoms with Crippen LogP contribution in [0.5, 0.6) is 5.75 Å². The third-order valence-corrected chi connectivity index (χ3v) is 6.50. The van der Waals surface area contributed by atoms with Crippen LogP contribution in [-0.4, -0.2) is 31.1 Å². The van der Waals surface area contributed by atoms with Gasteiger partial charge in [0, 0.05) is 16.6 Å². The van der Waals surface area contributed by atoms with Gasteiger partial charge in [0.2, 0.25) is 0 Å². The average Bonchev–Trinajstić information content (AvgIpc) is 3.33. The summed E-state index contributed by atoms with van der Waals surface area (Å²) in [5.74, 6) is 0.910. The van der Waals surface area contributed by atoms with Crippen LogP contribution >= 0.6 is 23.2 Å². The second-order valence-electron chi connectivity index (χ2n) is 8.14. The Morgan fingerprint density at radius 2 is 1.25 bits per heavy atom. The van der Waals surface area contributed by atoms with Gasteiger partial charge in [0.25, 0.3) is 0 Å². The van der Waals surface area contributed by atoms with Crippen LogP contribution in [0.25, 0.3) is 11.1 Å². The van der Waals surface area contributed by atoms with Gasteiger partial charge in [-0.3, -0.25) is 4.90 Å². The van der Waals surface area contributed by atoms with Crippen molar-refractivity contribution in [1.29, 1.82) is 0 Å². The van der Waals surface area contributed by atoms with Crippen LogP contribution in [0.4, 0.5) is 0 Å². The van der Waals surface area contributed by atoms with Crippen LogP contribution in [0.1, 0.15) is 42.9 Å². The summed E-state index contributed by atoms with van der Waals surface area (Å²) in [6.07, 6.45) is 3.51. The highest BCUT2D eigenvalue weighted by molar-refractivity contribution is 6.31. The number of allylic oxidation sites excluding steroid dienone is 1. The monoisotopic (exact) mass is 465 g/mol. The summed E-state index contributed by atoms with van der Waals surface area (Å²) < 4.78 is 6.02. The molecule has 0 spiro atoms. The quantitative estimate of drug-likeness (QED) is 0.314. The summed E-state index contributed by atoms with van der Waals surface area (Å²) in [5.41, 5.74) is 5.95. The van der Waals surface area contributed by atoms with Crippen molar-refractivity contribution >= 4 is 34.3 Å². The number of hydrogen-bond donors (Lipinski definition) is 0. The van der Waals surface area contributed by atoms with E-state index in [4.69, 9.17) is 27.9 Å². The van der Waals surface area contributed by atoms with Gasteiger partial charge in [-0.1, -0.05) is 66.5 Å². The summed E-state index contributed by atoms with van der Waals surface area (Å²) in [6, 6.07) is 24.6. The van der Waals surface area contributed by atoms with Crippen molar-refractivity contribution < 1.29 is 4.74 Å². The van der Waals surface area contributed by atoms with Crippen molar-refractivity contribution in [2.45, 2.75) is 26.2 Å². The maximum atomic E-state index is 6.18. The van der Waals surface area contributed by atoms with E-state index in [1.807, 2.05) is 24.3 Å². The maximum Gasteiger partial charge on any atom is 0.119 e. The lowest BCUT2D eigenvalue weighted by Gasteiger charge is -2.18. The van der Waals surface area contributed by atoms with Crippen molar-refractivity contribution in [2.75, 3.05) is 26.2 Å². The zero-order valence-electron chi connectivity index (χ0n) is 18.5. The predicted octanol–water partition coefficient (Wildman–Crippen LogP) is 7.84. The molecule has 0 saturated carbocycles. The molecule has 0 bridgehead atoms. The third-order valence-electron chi connectivity index (χ3n) is 6.00. The van der Waals surface area contributed by atoms with Crippen LogP contribution in [0.3, 0.4) is 0 Å². The first kappa shape index (κ1) is 22.9. The molecule has 0 amide bonds. The highest BCUT2D eigenvalue weighted by Gasteiger charge is 2.14. The molecule has 0 aliphatic carbocycles. The Morgan fingerprint density at radius 3 is 1.78 bits per heavy atom. The van der Waals surface area contributed by atoms with Crippen molar-refractivity contribution in [2.24, 2.45) is 0 Å². The van der Waals surface area contributed by atoms with E-state index in [-0.39, 0.29) is 0 Å². The lowest BCUT2D eigenvalue weighted by Crippen LogP contribution is -2.25. The van der Waals surface area contributed by atoms with Gasteiger partial charge in [-0.2, -0.15) is 0 Å². The molecule has 4 heteroatoms. The van der Waals surface area contributed by atoms with Crippen LogP contribution in [0.2, 0.25) is 10.0 Å². The van der Waals surface area contributed by atoms with Gasteiger partial charge >= 0.3 is 0 Å². The zero-order chi connectivity index (χ0) is 22.3. The minimum Gasteiger partial charge on any atom is -0.492 e. The van der Waals surface area contributed by atoms with Crippen LogP contribution in [0.15, 0.2) is 72.8 Å². The first-order chi connectivity index (χ1) is 15.6. The highest BCUT2D eigenvalue weighted by Crippen LogP contribution is 2.35. The first-order valence-corrected chi connectivity index (χ1v) is 12.1. The molecule has 0 radical (unpaired) electrons. The molecule has 0 unspecified atom stereocenters. The fourth-order valence-electron chi connectivity index (χ4n) is 4.32. The highest BCUT2D eigenvalue weighted by atomic mass is 35.5. The van der Waals surface area contributed by atoms with Gasteiger partial charge < -0.3 is 4.74 Å². The third kappa shape index (κ3) is 5.75. The van der Waals surface area contributed by atoms with Gasteiger partial charge in [0.15, 0.2) is 0 Å². The van der Waals surface area contributed by atoms with Crippen molar-refractivity contribution in [3.63, 3.8) is 0 Å².